The van der Waals surface area contributed by atoms with E-state index in [0.29, 0.717) is 18.2 Å². The molecule has 4 heteroatoms. The van der Waals surface area contributed by atoms with Crippen molar-refractivity contribution in [2.45, 2.75) is 65.6 Å². The molecule has 0 saturated heterocycles. The van der Waals surface area contributed by atoms with Crippen LogP contribution in [0.3, 0.4) is 0 Å². The van der Waals surface area contributed by atoms with Crippen molar-refractivity contribution in [1.82, 2.24) is 10.3 Å². The van der Waals surface area contributed by atoms with Gasteiger partial charge in [-0.05, 0) is 33.6 Å². The molecule has 1 N–H and O–H groups in total. The van der Waals surface area contributed by atoms with Crippen molar-refractivity contribution >= 4 is 11.3 Å². The lowest BCUT2D eigenvalue weighted by atomic mass is 9.61. The van der Waals surface area contributed by atoms with Gasteiger partial charge in [0.15, 0.2) is 0 Å². The SMILES string of the molecule is CCOC1CC(NC(C)c2ncc(C)s2)C1(C)CC. The minimum atomic E-state index is 0.260. The number of hydrogen-bond acceptors (Lipinski definition) is 4. The summed E-state index contributed by atoms with van der Waals surface area (Å²) in [5, 5.41) is 4.93. The van der Waals surface area contributed by atoms with Gasteiger partial charge in [-0.25, -0.2) is 4.98 Å². The standard InChI is InChI=1S/C15H26N2OS/c1-6-15(5)12(8-13(15)18-7-2)17-11(4)14-16-9-10(3)19-14/h9,11-13,17H,6-8H2,1-5H3. The molecule has 1 saturated carbocycles. The Hall–Kier alpha value is -0.450. The number of nitrogens with one attached hydrogen (secondary N) is 1. The second-order valence-electron chi connectivity index (χ2n) is 5.79. The van der Waals surface area contributed by atoms with Crippen LogP contribution in [0, 0.1) is 12.3 Å². The van der Waals surface area contributed by atoms with E-state index in [4.69, 9.17) is 4.74 Å². The third-order valence-electron chi connectivity index (χ3n) is 4.57. The fourth-order valence-electron chi connectivity index (χ4n) is 2.95. The molecule has 1 fully saturated rings. The third kappa shape index (κ3) is 2.86. The van der Waals surface area contributed by atoms with Crippen LogP contribution in [0.5, 0.6) is 0 Å². The molecule has 3 nitrogen and oxygen atoms in total. The summed E-state index contributed by atoms with van der Waals surface area (Å²) in [4.78, 5) is 5.76. The van der Waals surface area contributed by atoms with Crippen molar-refractivity contribution in [3.05, 3.63) is 16.1 Å². The zero-order valence-electron chi connectivity index (χ0n) is 12.7. The van der Waals surface area contributed by atoms with Gasteiger partial charge in [-0.3, -0.25) is 0 Å². The average molecular weight is 282 g/mol. The molecule has 0 spiro atoms. The maximum absolute atomic E-state index is 5.85. The van der Waals surface area contributed by atoms with Gasteiger partial charge >= 0.3 is 0 Å². The highest BCUT2D eigenvalue weighted by Crippen LogP contribution is 2.46. The van der Waals surface area contributed by atoms with Crippen molar-refractivity contribution in [3.8, 4) is 0 Å². The Morgan fingerprint density at radius 2 is 2.32 bits per heavy atom. The maximum Gasteiger partial charge on any atom is 0.109 e. The van der Waals surface area contributed by atoms with Gasteiger partial charge in [0.2, 0.25) is 0 Å². The Morgan fingerprint density at radius 1 is 1.58 bits per heavy atom. The number of ether oxygens (including phenoxy) is 1. The van der Waals surface area contributed by atoms with E-state index in [1.54, 1.807) is 11.3 Å². The number of nitrogens with zero attached hydrogens (tertiary/aromatic N) is 1. The predicted octanol–water partition coefficient (Wildman–Crippen LogP) is 3.70. The van der Waals surface area contributed by atoms with Crippen molar-refractivity contribution in [1.29, 1.82) is 0 Å². The minimum absolute atomic E-state index is 0.260. The van der Waals surface area contributed by atoms with Crippen LogP contribution in [0.25, 0.3) is 0 Å². The summed E-state index contributed by atoms with van der Waals surface area (Å²) in [6.07, 6.45) is 4.64. The van der Waals surface area contributed by atoms with Crippen molar-refractivity contribution < 1.29 is 4.74 Å². The molecule has 2 rings (SSSR count). The first-order valence-corrected chi connectivity index (χ1v) is 8.12. The molecule has 1 heterocycles. The number of aromatic nitrogens is 1. The summed E-state index contributed by atoms with van der Waals surface area (Å²) in [5.41, 5.74) is 0.260. The first kappa shape index (κ1) is 14.9. The Labute approximate surface area is 120 Å². The van der Waals surface area contributed by atoms with Crippen molar-refractivity contribution in [2.24, 2.45) is 5.41 Å². The van der Waals surface area contributed by atoms with Crippen LogP contribution in [0.2, 0.25) is 0 Å². The Morgan fingerprint density at radius 3 is 2.84 bits per heavy atom. The van der Waals surface area contributed by atoms with Crippen LogP contribution in [-0.2, 0) is 4.74 Å². The van der Waals surface area contributed by atoms with E-state index < -0.39 is 0 Å². The first-order chi connectivity index (χ1) is 9.01. The number of hydrogen-bond donors (Lipinski definition) is 1. The summed E-state index contributed by atoms with van der Waals surface area (Å²) < 4.78 is 5.85. The molecule has 1 aliphatic rings. The molecular formula is C15H26N2OS. The summed E-state index contributed by atoms with van der Waals surface area (Å²) in [5.74, 6) is 0. The Kier molecular flexibility index (Phi) is 4.64. The molecule has 1 aromatic rings. The summed E-state index contributed by atoms with van der Waals surface area (Å²) in [7, 11) is 0. The molecule has 0 radical (unpaired) electrons. The monoisotopic (exact) mass is 282 g/mol. The Bertz CT molecular complexity index is 420. The van der Waals surface area contributed by atoms with E-state index in [-0.39, 0.29) is 5.41 Å². The molecule has 108 valence electrons. The fraction of sp³-hybridized carbons (Fsp3) is 0.800. The summed E-state index contributed by atoms with van der Waals surface area (Å²) >= 11 is 1.79. The zero-order chi connectivity index (χ0) is 14.0. The van der Waals surface area contributed by atoms with E-state index in [9.17, 15) is 0 Å². The molecular weight excluding hydrogens is 256 g/mol. The van der Waals surface area contributed by atoms with E-state index in [1.165, 1.54) is 9.88 Å². The highest BCUT2D eigenvalue weighted by molar-refractivity contribution is 7.11. The van der Waals surface area contributed by atoms with Gasteiger partial charge in [0.05, 0.1) is 12.1 Å². The predicted molar refractivity (Wildman–Crippen MR) is 80.6 cm³/mol. The van der Waals surface area contributed by atoms with Crippen LogP contribution in [0.1, 0.15) is 56.5 Å². The van der Waals surface area contributed by atoms with Gasteiger partial charge in [0.25, 0.3) is 0 Å². The molecule has 1 aromatic heterocycles. The van der Waals surface area contributed by atoms with Crippen LogP contribution in [-0.4, -0.2) is 23.7 Å². The lowest BCUT2D eigenvalue weighted by Crippen LogP contribution is -2.62. The first-order valence-electron chi connectivity index (χ1n) is 7.31. The molecule has 1 aliphatic carbocycles. The minimum Gasteiger partial charge on any atom is -0.378 e. The van der Waals surface area contributed by atoms with Crippen LogP contribution in [0.15, 0.2) is 6.20 Å². The van der Waals surface area contributed by atoms with E-state index in [0.717, 1.165) is 19.4 Å². The summed E-state index contributed by atoms with van der Waals surface area (Å²) in [6.45, 7) is 11.8. The molecule has 0 aromatic carbocycles. The van der Waals surface area contributed by atoms with Crippen molar-refractivity contribution in [2.75, 3.05) is 6.61 Å². The molecule has 0 bridgehead atoms. The quantitative estimate of drug-likeness (QED) is 0.864. The number of aryl methyl sites for hydroxylation is 1. The molecule has 19 heavy (non-hydrogen) atoms. The van der Waals surface area contributed by atoms with Crippen molar-refractivity contribution in [3.63, 3.8) is 0 Å². The number of thiazole rings is 1. The maximum atomic E-state index is 5.85. The van der Waals surface area contributed by atoms with Gasteiger partial charge < -0.3 is 10.1 Å². The highest BCUT2D eigenvalue weighted by Gasteiger charge is 2.51. The van der Waals surface area contributed by atoms with E-state index in [2.05, 4.69) is 44.9 Å². The normalized spacial score (nSPS) is 32.1. The largest absolute Gasteiger partial charge is 0.378 e. The van der Waals surface area contributed by atoms with Crippen LogP contribution >= 0.6 is 11.3 Å². The summed E-state index contributed by atoms with van der Waals surface area (Å²) in [6, 6.07) is 0.866. The van der Waals surface area contributed by atoms with Crippen LogP contribution in [0.4, 0.5) is 0 Å². The highest BCUT2D eigenvalue weighted by atomic mass is 32.1. The van der Waals surface area contributed by atoms with Crippen LogP contribution < -0.4 is 5.32 Å². The molecule has 0 aliphatic heterocycles. The van der Waals surface area contributed by atoms with Gasteiger partial charge in [0, 0.05) is 29.1 Å². The van der Waals surface area contributed by atoms with Gasteiger partial charge in [-0.2, -0.15) is 0 Å². The molecule has 0 amide bonds. The van der Waals surface area contributed by atoms with Gasteiger partial charge in [-0.15, -0.1) is 11.3 Å². The van der Waals surface area contributed by atoms with E-state index >= 15 is 0 Å². The lowest BCUT2D eigenvalue weighted by Gasteiger charge is -2.54. The molecule has 4 unspecified atom stereocenters. The van der Waals surface area contributed by atoms with E-state index in [1.807, 2.05) is 6.20 Å². The fourth-order valence-corrected chi connectivity index (χ4v) is 3.74. The smallest absolute Gasteiger partial charge is 0.109 e. The zero-order valence-corrected chi connectivity index (χ0v) is 13.5. The number of rotatable bonds is 6. The van der Waals surface area contributed by atoms with Gasteiger partial charge in [-0.1, -0.05) is 13.8 Å². The second kappa shape index (κ2) is 5.90. The topological polar surface area (TPSA) is 34.1 Å². The second-order valence-corrected chi connectivity index (χ2v) is 7.06. The van der Waals surface area contributed by atoms with Gasteiger partial charge in [0.1, 0.15) is 5.01 Å². The lowest BCUT2D eigenvalue weighted by molar-refractivity contribution is -0.127. The Balaban J connectivity index is 1.96. The molecule has 4 atom stereocenters. The average Bonchev–Trinajstić information content (AvgIpc) is 2.83. The third-order valence-corrected chi connectivity index (χ3v) is 5.67.